The summed E-state index contributed by atoms with van der Waals surface area (Å²) >= 11 is 7.80. The van der Waals surface area contributed by atoms with Gasteiger partial charge in [-0.1, -0.05) is 29.8 Å². The van der Waals surface area contributed by atoms with Gasteiger partial charge in [-0.25, -0.2) is 4.79 Å². The molecule has 0 aliphatic heterocycles. The van der Waals surface area contributed by atoms with Crippen molar-refractivity contribution in [1.82, 2.24) is 5.32 Å². The number of halogens is 1. The summed E-state index contributed by atoms with van der Waals surface area (Å²) < 4.78 is 11.3. The fraction of sp³-hybridized carbons (Fsp3) is 0.158. The zero-order valence-corrected chi connectivity index (χ0v) is 15.5. The fourth-order valence-electron chi connectivity index (χ4n) is 2.28. The molecule has 0 unspecified atom stereocenters. The Morgan fingerprint density at radius 3 is 2.85 bits per heavy atom. The Kier molecular flexibility index (Phi) is 5.75. The molecule has 0 aliphatic carbocycles. The molecule has 7 heteroatoms. The minimum Gasteiger partial charge on any atom is -0.467 e. The van der Waals surface area contributed by atoms with Crippen molar-refractivity contribution < 1.29 is 18.7 Å². The summed E-state index contributed by atoms with van der Waals surface area (Å²) in [6.45, 7) is 1.75. The normalized spacial score (nSPS) is 12.4. The van der Waals surface area contributed by atoms with Crippen LogP contribution in [0.3, 0.4) is 0 Å². The molecule has 5 nitrogen and oxygen atoms in total. The first-order chi connectivity index (χ1) is 12.5. The van der Waals surface area contributed by atoms with Gasteiger partial charge in [-0.05, 0) is 31.2 Å². The third-order valence-electron chi connectivity index (χ3n) is 3.61. The monoisotopic (exact) mass is 389 g/mol. The van der Waals surface area contributed by atoms with Crippen molar-refractivity contribution >= 4 is 51.0 Å². The second-order valence-electron chi connectivity index (χ2n) is 5.49. The van der Waals surface area contributed by atoms with Crippen molar-refractivity contribution in [3.8, 4) is 0 Å². The predicted molar refractivity (Wildman–Crippen MR) is 102 cm³/mol. The van der Waals surface area contributed by atoms with Gasteiger partial charge < -0.3 is 14.5 Å². The first-order valence-corrected chi connectivity index (χ1v) is 9.10. The number of ether oxygens (including phenoxy) is 1. The SMILES string of the molecule is C[C@H](OC(=O)/C=C/c1sc2ccccc2c1Cl)C(=O)NCc1ccco1. The molecule has 1 atom stereocenters. The summed E-state index contributed by atoms with van der Waals surface area (Å²) in [5.41, 5.74) is 0. The van der Waals surface area contributed by atoms with Crippen LogP contribution in [0.4, 0.5) is 0 Å². The van der Waals surface area contributed by atoms with E-state index in [2.05, 4.69) is 5.32 Å². The Bertz CT molecular complexity index is 946. The summed E-state index contributed by atoms with van der Waals surface area (Å²) in [5, 5.41) is 4.18. The van der Waals surface area contributed by atoms with Crippen molar-refractivity contribution in [3.63, 3.8) is 0 Å². The van der Waals surface area contributed by atoms with Crippen molar-refractivity contribution in [2.75, 3.05) is 0 Å². The van der Waals surface area contributed by atoms with Crippen LogP contribution in [0.1, 0.15) is 17.6 Å². The maximum absolute atomic E-state index is 11.9. The number of rotatable bonds is 6. The molecule has 134 valence electrons. The van der Waals surface area contributed by atoms with E-state index in [1.807, 2.05) is 24.3 Å². The standard InChI is InChI=1S/C19H16ClNO4S/c1-12(19(23)21-11-13-5-4-10-24-13)25-17(22)9-8-16-18(20)14-6-2-3-7-15(14)26-16/h2-10,12H,11H2,1H3,(H,21,23)/b9-8+/t12-/m0/s1. The lowest BCUT2D eigenvalue weighted by Gasteiger charge is -2.11. The van der Waals surface area contributed by atoms with Gasteiger partial charge in [0.2, 0.25) is 0 Å². The van der Waals surface area contributed by atoms with Gasteiger partial charge in [0, 0.05) is 21.0 Å². The Balaban J connectivity index is 1.56. The van der Waals surface area contributed by atoms with E-state index in [4.69, 9.17) is 20.8 Å². The second kappa shape index (κ2) is 8.21. The topological polar surface area (TPSA) is 68.5 Å². The minimum atomic E-state index is -0.917. The number of nitrogens with one attached hydrogen (secondary N) is 1. The number of benzene rings is 1. The summed E-state index contributed by atoms with van der Waals surface area (Å²) in [5.74, 6) is -0.390. The lowest BCUT2D eigenvalue weighted by Crippen LogP contribution is -2.35. The van der Waals surface area contributed by atoms with Crippen LogP contribution in [0.5, 0.6) is 0 Å². The molecule has 1 aromatic carbocycles. The van der Waals surface area contributed by atoms with Crippen molar-refractivity contribution in [1.29, 1.82) is 0 Å². The number of thiophene rings is 1. The molecule has 2 aromatic heterocycles. The third kappa shape index (κ3) is 4.33. The molecule has 3 rings (SSSR count). The van der Waals surface area contributed by atoms with E-state index in [-0.39, 0.29) is 6.54 Å². The molecule has 0 fully saturated rings. The number of hydrogen-bond donors (Lipinski definition) is 1. The molecule has 1 amide bonds. The molecule has 3 aromatic rings. The molecule has 1 N–H and O–H groups in total. The Morgan fingerprint density at radius 1 is 1.31 bits per heavy atom. The van der Waals surface area contributed by atoms with E-state index >= 15 is 0 Å². The van der Waals surface area contributed by atoms with Gasteiger partial charge in [0.25, 0.3) is 5.91 Å². The highest BCUT2D eigenvalue weighted by molar-refractivity contribution is 7.20. The van der Waals surface area contributed by atoms with Gasteiger partial charge in [-0.15, -0.1) is 11.3 Å². The van der Waals surface area contributed by atoms with Crippen molar-refractivity contribution in [2.45, 2.75) is 19.6 Å². The quantitative estimate of drug-likeness (QED) is 0.501. The smallest absolute Gasteiger partial charge is 0.331 e. The van der Waals surface area contributed by atoms with Crippen molar-refractivity contribution in [2.24, 2.45) is 0 Å². The fourth-order valence-corrected chi connectivity index (χ4v) is 3.68. The number of carbonyl (C=O) groups excluding carboxylic acids is 2. The van der Waals surface area contributed by atoms with Crippen molar-refractivity contribution in [3.05, 3.63) is 64.4 Å². The molecular formula is C19H16ClNO4S. The lowest BCUT2D eigenvalue weighted by molar-refractivity contribution is -0.150. The number of hydrogen-bond acceptors (Lipinski definition) is 5. The summed E-state index contributed by atoms with van der Waals surface area (Å²) in [6, 6.07) is 11.2. The Labute approximate surface area is 159 Å². The molecule has 0 saturated carbocycles. The number of esters is 1. The largest absolute Gasteiger partial charge is 0.467 e. The van der Waals surface area contributed by atoms with E-state index in [9.17, 15) is 9.59 Å². The lowest BCUT2D eigenvalue weighted by atomic mass is 10.2. The van der Waals surface area contributed by atoms with E-state index in [0.29, 0.717) is 10.8 Å². The third-order valence-corrected chi connectivity index (χ3v) is 5.26. The van der Waals surface area contributed by atoms with E-state index in [0.717, 1.165) is 15.0 Å². The Morgan fingerprint density at radius 2 is 2.12 bits per heavy atom. The number of furan rings is 1. The number of carbonyl (C=O) groups is 2. The van der Waals surface area contributed by atoms with Crippen LogP contribution in [0.25, 0.3) is 16.2 Å². The maximum atomic E-state index is 11.9. The molecule has 0 bridgehead atoms. The summed E-state index contributed by atoms with van der Waals surface area (Å²) in [7, 11) is 0. The highest BCUT2D eigenvalue weighted by atomic mass is 35.5. The Hall–Kier alpha value is -2.57. The van der Waals surface area contributed by atoms with Crippen LogP contribution in [0.15, 0.2) is 53.2 Å². The van der Waals surface area contributed by atoms with Gasteiger partial charge in [0.05, 0.1) is 17.8 Å². The van der Waals surface area contributed by atoms with Crippen LogP contribution >= 0.6 is 22.9 Å². The number of amides is 1. The van der Waals surface area contributed by atoms with Crippen LogP contribution in [-0.4, -0.2) is 18.0 Å². The minimum absolute atomic E-state index is 0.237. The maximum Gasteiger partial charge on any atom is 0.331 e. The van der Waals surface area contributed by atoms with Gasteiger partial charge in [0.1, 0.15) is 5.76 Å². The second-order valence-corrected chi connectivity index (χ2v) is 6.95. The van der Waals surface area contributed by atoms with Crippen LogP contribution in [0, 0.1) is 0 Å². The van der Waals surface area contributed by atoms with Gasteiger partial charge in [-0.2, -0.15) is 0 Å². The summed E-state index contributed by atoms with van der Waals surface area (Å²) in [4.78, 5) is 24.7. The van der Waals surface area contributed by atoms with E-state index < -0.39 is 18.0 Å². The average molecular weight is 390 g/mol. The summed E-state index contributed by atoms with van der Waals surface area (Å²) in [6.07, 6.45) is 3.48. The molecule has 0 radical (unpaired) electrons. The zero-order chi connectivity index (χ0) is 18.5. The first-order valence-electron chi connectivity index (χ1n) is 7.90. The van der Waals surface area contributed by atoms with E-state index in [1.54, 1.807) is 18.2 Å². The molecular weight excluding hydrogens is 374 g/mol. The highest BCUT2D eigenvalue weighted by Gasteiger charge is 2.16. The van der Waals surface area contributed by atoms with E-state index in [1.165, 1.54) is 30.6 Å². The van der Waals surface area contributed by atoms with Gasteiger partial charge in [0.15, 0.2) is 6.10 Å². The first kappa shape index (κ1) is 18.2. The van der Waals surface area contributed by atoms with Crippen LogP contribution in [-0.2, 0) is 20.9 Å². The molecule has 2 heterocycles. The van der Waals surface area contributed by atoms with Crippen LogP contribution < -0.4 is 5.32 Å². The molecule has 0 aliphatic rings. The van der Waals surface area contributed by atoms with Gasteiger partial charge >= 0.3 is 5.97 Å². The van der Waals surface area contributed by atoms with Gasteiger partial charge in [-0.3, -0.25) is 4.79 Å². The average Bonchev–Trinajstić information content (AvgIpc) is 3.26. The molecule has 0 spiro atoms. The predicted octanol–water partition coefficient (Wildman–Crippen LogP) is 4.41. The number of fused-ring (bicyclic) bond motifs is 1. The molecule has 0 saturated heterocycles. The molecule has 26 heavy (non-hydrogen) atoms. The van der Waals surface area contributed by atoms with Crippen LogP contribution in [0.2, 0.25) is 5.02 Å². The highest BCUT2D eigenvalue weighted by Crippen LogP contribution is 2.35. The zero-order valence-electron chi connectivity index (χ0n) is 13.9.